The summed E-state index contributed by atoms with van der Waals surface area (Å²) in [7, 11) is -3.91. The highest BCUT2D eigenvalue weighted by atomic mass is 35.5. The SMILES string of the molecule is O=C1[C@@H](Cc2cnn[nH]2)O[C@H](c2cccc(Cl)c2)[C@@H](c2ccc(Cl)cc2)N1[C@@H](CN(c1ccccc1F)S(=O)(=O)C1CC1)C1CC1. The summed E-state index contributed by atoms with van der Waals surface area (Å²) < 4.78 is 51.2. The molecule has 4 atom stereocenters. The number of halogens is 3. The van der Waals surface area contributed by atoms with Crippen LogP contribution in [0.15, 0.2) is 79.0 Å². The average molecular weight is 685 g/mol. The van der Waals surface area contributed by atoms with E-state index >= 15 is 4.39 Å². The standard InChI is InChI=1S/C33H32Cl2FN5O4S/c34-23-12-10-21(11-13-23)31-32(22-4-3-5-24(35)16-22)45-30(17-25-18-37-39-38-25)33(42)41(31)29(20-8-9-20)19-40(46(43,44)26-14-15-26)28-7-2-1-6-27(28)36/h1-7,10-13,16,18,20,26,29-32H,8-9,14-15,17,19H2,(H,37,38,39)/t29-,30+,31+,32+/m0/s1. The molecule has 1 N–H and O–H groups in total. The van der Waals surface area contributed by atoms with Gasteiger partial charge in [-0.05, 0) is 79.1 Å². The first-order valence-electron chi connectivity index (χ1n) is 15.3. The van der Waals surface area contributed by atoms with Crippen molar-refractivity contribution in [3.05, 3.63) is 112 Å². The summed E-state index contributed by atoms with van der Waals surface area (Å²) in [6, 6.07) is 19.2. The molecule has 9 nitrogen and oxygen atoms in total. The van der Waals surface area contributed by atoms with Gasteiger partial charge in [-0.25, -0.2) is 12.8 Å². The van der Waals surface area contributed by atoms with Gasteiger partial charge in [-0.1, -0.05) is 64.8 Å². The second-order valence-corrected chi connectivity index (χ2v) is 15.2. The van der Waals surface area contributed by atoms with Crippen molar-refractivity contribution >= 4 is 44.8 Å². The van der Waals surface area contributed by atoms with Gasteiger partial charge in [-0.2, -0.15) is 0 Å². The van der Waals surface area contributed by atoms with Crippen LogP contribution in [0.4, 0.5) is 10.1 Å². The molecule has 0 spiro atoms. The molecule has 4 aromatic rings. The molecule has 0 unspecified atom stereocenters. The third-order valence-electron chi connectivity index (χ3n) is 8.94. The maximum atomic E-state index is 15.4. The molecule has 13 heteroatoms. The van der Waals surface area contributed by atoms with E-state index in [1.54, 1.807) is 35.4 Å². The molecule has 3 aliphatic rings. The van der Waals surface area contributed by atoms with E-state index in [1.807, 2.05) is 30.3 Å². The van der Waals surface area contributed by atoms with E-state index in [-0.39, 0.29) is 30.5 Å². The number of aromatic amines is 1. The number of amides is 1. The highest BCUT2D eigenvalue weighted by Gasteiger charge is 2.52. The van der Waals surface area contributed by atoms with Gasteiger partial charge in [-0.15, -0.1) is 5.10 Å². The van der Waals surface area contributed by atoms with E-state index < -0.39 is 45.4 Å². The number of H-pyrrole nitrogens is 1. The molecular formula is C33H32Cl2FN5O4S. The number of sulfonamides is 1. The largest absolute Gasteiger partial charge is 0.358 e. The number of nitrogens with zero attached hydrogens (tertiary/aromatic N) is 4. The Morgan fingerprint density at radius 3 is 2.39 bits per heavy atom. The second-order valence-electron chi connectivity index (χ2n) is 12.2. The lowest BCUT2D eigenvalue weighted by atomic mass is 9.89. The van der Waals surface area contributed by atoms with Crippen LogP contribution in [-0.2, 0) is 26.0 Å². The lowest BCUT2D eigenvalue weighted by molar-refractivity contribution is -0.179. The number of nitrogens with one attached hydrogen (secondary N) is 1. The summed E-state index contributed by atoms with van der Waals surface area (Å²) in [5.74, 6) is -0.942. The van der Waals surface area contributed by atoms with Gasteiger partial charge in [0.2, 0.25) is 10.0 Å². The minimum absolute atomic E-state index is 0.00462. The number of anilines is 1. The van der Waals surface area contributed by atoms with Crippen LogP contribution in [0.1, 0.15) is 54.6 Å². The van der Waals surface area contributed by atoms with Gasteiger partial charge in [0.15, 0.2) is 0 Å². The summed E-state index contributed by atoms with van der Waals surface area (Å²) in [4.78, 5) is 16.5. The molecule has 2 heterocycles. The summed E-state index contributed by atoms with van der Waals surface area (Å²) >= 11 is 12.8. The zero-order valence-electron chi connectivity index (χ0n) is 24.7. The van der Waals surface area contributed by atoms with Crippen molar-refractivity contribution in [1.29, 1.82) is 0 Å². The minimum Gasteiger partial charge on any atom is -0.358 e. The summed E-state index contributed by atoms with van der Waals surface area (Å²) in [5, 5.41) is 10.9. The summed E-state index contributed by atoms with van der Waals surface area (Å²) in [5.41, 5.74) is 2.11. The molecule has 1 saturated heterocycles. The number of rotatable bonds is 11. The minimum atomic E-state index is -3.91. The third-order valence-corrected chi connectivity index (χ3v) is 11.7. The predicted molar refractivity (Wildman–Crippen MR) is 172 cm³/mol. The Morgan fingerprint density at radius 1 is 0.978 bits per heavy atom. The van der Waals surface area contributed by atoms with Crippen molar-refractivity contribution in [1.82, 2.24) is 20.3 Å². The number of para-hydroxylation sites is 1. The van der Waals surface area contributed by atoms with Crippen LogP contribution in [0.2, 0.25) is 10.0 Å². The maximum absolute atomic E-state index is 15.4. The van der Waals surface area contributed by atoms with Gasteiger partial charge in [0, 0.05) is 16.5 Å². The van der Waals surface area contributed by atoms with Crippen molar-refractivity contribution in [2.24, 2.45) is 5.92 Å². The molecule has 46 heavy (non-hydrogen) atoms. The molecule has 3 aromatic carbocycles. The van der Waals surface area contributed by atoms with Crippen LogP contribution in [-0.4, -0.2) is 58.6 Å². The number of ether oxygens (including phenoxy) is 1. The smallest absolute Gasteiger partial charge is 0.253 e. The van der Waals surface area contributed by atoms with Crippen molar-refractivity contribution in [2.45, 2.75) is 61.6 Å². The van der Waals surface area contributed by atoms with E-state index in [4.69, 9.17) is 27.9 Å². The van der Waals surface area contributed by atoms with Crippen molar-refractivity contribution < 1.29 is 22.3 Å². The Morgan fingerprint density at radius 2 is 1.74 bits per heavy atom. The van der Waals surface area contributed by atoms with Gasteiger partial charge in [0.1, 0.15) is 18.0 Å². The maximum Gasteiger partial charge on any atom is 0.253 e. The van der Waals surface area contributed by atoms with E-state index in [0.717, 1.165) is 24.0 Å². The van der Waals surface area contributed by atoms with Crippen LogP contribution in [0.3, 0.4) is 0 Å². The second kappa shape index (κ2) is 12.6. The van der Waals surface area contributed by atoms with Crippen LogP contribution in [0.5, 0.6) is 0 Å². The molecule has 7 rings (SSSR count). The van der Waals surface area contributed by atoms with Crippen molar-refractivity contribution in [3.63, 3.8) is 0 Å². The van der Waals surface area contributed by atoms with Crippen LogP contribution in [0.25, 0.3) is 0 Å². The Kier molecular flexibility index (Phi) is 8.52. The monoisotopic (exact) mass is 683 g/mol. The molecule has 2 aliphatic carbocycles. The zero-order chi connectivity index (χ0) is 32.0. The Balaban J connectivity index is 1.37. The molecule has 0 bridgehead atoms. The van der Waals surface area contributed by atoms with Crippen LogP contribution >= 0.6 is 23.2 Å². The first-order valence-corrected chi connectivity index (χ1v) is 17.6. The van der Waals surface area contributed by atoms with E-state index in [2.05, 4.69) is 15.4 Å². The fourth-order valence-corrected chi connectivity index (χ4v) is 8.58. The van der Waals surface area contributed by atoms with Gasteiger partial charge in [0.05, 0.1) is 41.5 Å². The fraction of sp³-hybridized carbons (Fsp3) is 0.364. The first-order chi connectivity index (χ1) is 22.2. The lowest BCUT2D eigenvalue weighted by Crippen LogP contribution is -2.59. The summed E-state index contributed by atoms with van der Waals surface area (Å²) in [6.07, 6.45) is 2.72. The van der Waals surface area contributed by atoms with E-state index in [1.165, 1.54) is 22.5 Å². The highest BCUT2D eigenvalue weighted by Crippen LogP contribution is 2.49. The number of carbonyl (C=O) groups excluding carboxylic acids is 1. The molecule has 2 saturated carbocycles. The normalized spacial score (nSPS) is 22.5. The zero-order valence-corrected chi connectivity index (χ0v) is 27.0. The highest BCUT2D eigenvalue weighted by molar-refractivity contribution is 7.93. The molecule has 1 amide bonds. The topological polar surface area (TPSA) is 108 Å². The number of carbonyl (C=O) groups is 1. The number of hydrogen-bond acceptors (Lipinski definition) is 6. The van der Waals surface area contributed by atoms with Gasteiger partial charge in [0.25, 0.3) is 5.91 Å². The molecule has 0 radical (unpaired) electrons. The van der Waals surface area contributed by atoms with Gasteiger partial charge < -0.3 is 9.64 Å². The molecule has 240 valence electrons. The van der Waals surface area contributed by atoms with Crippen LogP contribution < -0.4 is 4.31 Å². The molecule has 1 aromatic heterocycles. The Labute approximate surface area is 276 Å². The first kappa shape index (κ1) is 31.1. The molecule has 1 aliphatic heterocycles. The molecular weight excluding hydrogens is 652 g/mol. The third kappa shape index (κ3) is 6.25. The van der Waals surface area contributed by atoms with E-state index in [0.29, 0.717) is 28.6 Å². The number of benzene rings is 3. The fourth-order valence-electron chi connectivity index (χ4n) is 6.38. The van der Waals surface area contributed by atoms with Gasteiger partial charge in [-0.3, -0.25) is 14.2 Å². The average Bonchev–Trinajstić information content (AvgIpc) is 3.98. The number of hydrogen-bond donors (Lipinski definition) is 1. The summed E-state index contributed by atoms with van der Waals surface area (Å²) in [6.45, 7) is -0.0964. The number of morpholine rings is 1. The number of aromatic nitrogens is 3. The van der Waals surface area contributed by atoms with E-state index in [9.17, 15) is 13.2 Å². The predicted octanol–water partition coefficient (Wildman–Crippen LogP) is 6.28. The molecule has 3 fully saturated rings. The Bertz CT molecular complexity index is 1820. The quantitative estimate of drug-likeness (QED) is 0.199. The van der Waals surface area contributed by atoms with Gasteiger partial charge >= 0.3 is 0 Å². The van der Waals surface area contributed by atoms with Crippen molar-refractivity contribution in [3.8, 4) is 0 Å². The van der Waals surface area contributed by atoms with Crippen LogP contribution in [0, 0.1) is 11.7 Å². The van der Waals surface area contributed by atoms with Crippen molar-refractivity contribution in [2.75, 3.05) is 10.8 Å². The lowest BCUT2D eigenvalue weighted by Gasteiger charge is -2.49. The Hall–Kier alpha value is -3.51.